The van der Waals surface area contributed by atoms with Crippen LogP contribution in [0.5, 0.6) is 5.75 Å². The zero-order valence-electron chi connectivity index (χ0n) is 17.0. The summed E-state index contributed by atoms with van der Waals surface area (Å²) < 4.78 is 5.46. The first-order valence-corrected chi connectivity index (χ1v) is 9.41. The summed E-state index contributed by atoms with van der Waals surface area (Å²) in [5.74, 6) is 0.133. The van der Waals surface area contributed by atoms with E-state index in [0.29, 0.717) is 29.1 Å². The van der Waals surface area contributed by atoms with Crippen LogP contribution in [-0.2, 0) is 9.59 Å². The predicted octanol–water partition coefficient (Wildman–Crippen LogP) is 4.16. The van der Waals surface area contributed by atoms with Crippen LogP contribution in [0.1, 0.15) is 30.5 Å². The highest BCUT2D eigenvalue weighted by molar-refractivity contribution is 6.37. The number of hydrogen-bond donors (Lipinski definition) is 1. The number of nitrogens with one attached hydrogen (secondary N) is 1. The van der Waals surface area contributed by atoms with E-state index in [9.17, 15) is 9.59 Å². The van der Waals surface area contributed by atoms with E-state index >= 15 is 0 Å². The van der Waals surface area contributed by atoms with Gasteiger partial charge in [0.05, 0.1) is 12.7 Å². The minimum atomic E-state index is -0.305. The van der Waals surface area contributed by atoms with Gasteiger partial charge >= 0.3 is 0 Å². The van der Waals surface area contributed by atoms with E-state index in [1.165, 1.54) is 4.90 Å². The predicted molar refractivity (Wildman–Crippen MR) is 111 cm³/mol. The Kier molecular flexibility index (Phi) is 5.54. The molecule has 1 aliphatic rings. The number of hydrogen-bond acceptors (Lipinski definition) is 4. The number of rotatable bonds is 6. The fourth-order valence-corrected chi connectivity index (χ4v) is 3.33. The molecule has 0 aromatic heterocycles. The third kappa shape index (κ3) is 3.65. The van der Waals surface area contributed by atoms with Gasteiger partial charge in [0.25, 0.3) is 11.8 Å². The van der Waals surface area contributed by atoms with Gasteiger partial charge < -0.3 is 10.1 Å². The molecule has 1 aliphatic heterocycles. The van der Waals surface area contributed by atoms with Gasteiger partial charge in [-0.3, -0.25) is 14.5 Å². The van der Waals surface area contributed by atoms with Gasteiger partial charge in [-0.25, -0.2) is 0 Å². The molecule has 1 N–H and O–H groups in total. The second-order valence-corrected chi connectivity index (χ2v) is 7.51. The molecule has 2 amide bonds. The summed E-state index contributed by atoms with van der Waals surface area (Å²) in [6, 6.07) is 13.3. The zero-order valence-corrected chi connectivity index (χ0v) is 17.0. The van der Waals surface area contributed by atoms with Crippen LogP contribution in [-0.4, -0.2) is 30.4 Å². The molecule has 0 fully saturated rings. The van der Waals surface area contributed by atoms with Crippen LogP contribution < -0.4 is 10.1 Å². The summed E-state index contributed by atoms with van der Waals surface area (Å²) in [6.07, 6.45) is 0. The number of ether oxygens (including phenoxy) is 1. The molecule has 0 bridgehead atoms. The lowest BCUT2D eigenvalue weighted by Crippen LogP contribution is -2.35. The van der Waals surface area contributed by atoms with Crippen molar-refractivity contribution in [1.29, 1.82) is 0 Å². The number of nitrogens with zero attached hydrogens (tertiary/aromatic N) is 1. The van der Waals surface area contributed by atoms with E-state index in [1.807, 2.05) is 64.1 Å². The Bertz CT molecular complexity index is 960. The Morgan fingerprint density at radius 1 is 1.04 bits per heavy atom. The summed E-state index contributed by atoms with van der Waals surface area (Å²) in [5, 5.41) is 3.25. The number of aryl methyl sites for hydroxylation is 2. The zero-order chi connectivity index (χ0) is 20.4. The number of anilines is 1. The summed E-state index contributed by atoms with van der Waals surface area (Å²) in [5.41, 5.74) is 4.15. The average Bonchev–Trinajstić information content (AvgIpc) is 2.88. The normalized spacial score (nSPS) is 14.3. The number of methoxy groups -OCH3 is 1. The fraction of sp³-hybridized carbons (Fsp3) is 0.304. The average molecular weight is 378 g/mol. The second-order valence-electron chi connectivity index (χ2n) is 7.51. The second kappa shape index (κ2) is 7.89. The van der Waals surface area contributed by atoms with Crippen LogP contribution in [0.2, 0.25) is 0 Å². The van der Waals surface area contributed by atoms with Crippen LogP contribution in [0.4, 0.5) is 5.69 Å². The molecule has 2 aromatic rings. The Hall–Kier alpha value is -3.08. The Labute approximate surface area is 166 Å². The number of amides is 2. The quantitative estimate of drug-likeness (QED) is 0.767. The van der Waals surface area contributed by atoms with E-state index in [0.717, 1.165) is 16.8 Å². The number of carbonyl (C=O) groups is 2. The molecule has 0 saturated carbocycles. The Balaban J connectivity index is 2.15. The van der Waals surface area contributed by atoms with Gasteiger partial charge in [-0.1, -0.05) is 44.2 Å². The van der Waals surface area contributed by atoms with Crippen molar-refractivity contribution in [3.63, 3.8) is 0 Å². The van der Waals surface area contributed by atoms with E-state index in [-0.39, 0.29) is 17.7 Å². The van der Waals surface area contributed by atoms with Gasteiger partial charge in [-0.15, -0.1) is 0 Å². The topological polar surface area (TPSA) is 58.6 Å². The van der Waals surface area contributed by atoms with Gasteiger partial charge in [0.15, 0.2) is 0 Å². The molecule has 0 radical (unpaired) electrons. The Morgan fingerprint density at radius 2 is 1.75 bits per heavy atom. The number of benzene rings is 2. The largest absolute Gasteiger partial charge is 0.496 e. The van der Waals surface area contributed by atoms with Crippen molar-refractivity contribution in [3.8, 4) is 5.75 Å². The van der Waals surface area contributed by atoms with Crippen LogP contribution in [0.25, 0.3) is 5.57 Å². The van der Waals surface area contributed by atoms with E-state index in [2.05, 4.69) is 5.32 Å². The third-order valence-electron chi connectivity index (χ3n) is 4.74. The summed E-state index contributed by atoms with van der Waals surface area (Å²) in [6.45, 7) is 8.30. The summed E-state index contributed by atoms with van der Waals surface area (Å²) >= 11 is 0. The molecule has 28 heavy (non-hydrogen) atoms. The maximum Gasteiger partial charge on any atom is 0.278 e. The summed E-state index contributed by atoms with van der Waals surface area (Å²) in [4.78, 5) is 27.7. The highest BCUT2D eigenvalue weighted by atomic mass is 16.5. The van der Waals surface area contributed by atoms with Gasteiger partial charge in [-0.2, -0.15) is 0 Å². The molecule has 2 aromatic carbocycles. The minimum absolute atomic E-state index is 0.173. The monoisotopic (exact) mass is 378 g/mol. The molecule has 3 rings (SSSR count). The lowest BCUT2D eigenvalue weighted by Gasteiger charge is -2.18. The molecule has 0 aliphatic carbocycles. The van der Waals surface area contributed by atoms with Crippen molar-refractivity contribution in [3.05, 3.63) is 64.9 Å². The SMILES string of the molecule is COc1ccccc1C1=C(Nc2cc(C)ccc2C)C(=O)N(CC(C)C)C1=O. The van der Waals surface area contributed by atoms with Gasteiger partial charge in [0.1, 0.15) is 11.4 Å². The molecule has 0 unspecified atom stereocenters. The maximum atomic E-state index is 13.2. The molecule has 5 heteroatoms. The van der Waals surface area contributed by atoms with E-state index in [1.54, 1.807) is 13.2 Å². The first kappa shape index (κ1) is 19.7. The van der Waals surface area contributed by atoms with Crippen LogP contribution in [0.15, 0.2) is 48.2 Å². The highest BCUT2D eigenvalue weighted by Gasteiger charge is 2.40. The molecule has 0 saturated heterocycles. The fourth-order valence-electron chi connectivity index (χ4n) is 3.33. The van der Waals surface area contributed by atoms with E-state index in [4.69, 9.17) is 4.74 Å². The maximum absolute atomic E-state index is 13.2. The minimum Gasteiger partial charge on any atom is -0.496 e. The molecular formula is C23H26N2O3. The van der Waals surface area contributed by atoms with Crippen molar-refractivity contribution < 1.29 is 14.3 Å². The Morgan fingerprint density at radius 3 is 2.43 bits per heavy atom. The number of imide groups is 1. The lowest BCUT2D eigenvalue weighted by atomic mass is 10.0. The van der Waals surface area contributed by atoms with Gasteiger partial charge in [0.2, 0.25) is 0 Å². The molecule has 146 valence electrons. The molecule has 0 spiro atoms. The van der Waals surface area contributed by atoms with Crippen molar-refractivity contribution in [1.82, 2.24) is 4.90 Å². The molecule has 5 nitrogen and oxygen atoms in total. The number of para-hydroxylation sites is 1. The standard InChI is InChI=1S/C23H26N2O3/c1-14(2)13-25-22(26)20(17-8-6-7-9-19(17)28-5)21(23(25)27)24-18-12-15(3)10-11-16(18)4/h6-12,14,24H,13H2,1-5H3. The van der Waals surface area contributed by atoms with Crippen molar-refractivity contribution in [2.75, 3.05) is 19.0 Å². The van der Waals surface area contributed by atoms with E-state index < -0.39 is 0 Å². The molecule has 0 atom stereocenters. The molecule has 1 heterocycles. The smallest absolute Gasteiger partial charge is 0.278 e. The summed E-state index contributed by atoms with van der Waals surface area (Å²) in [7, 11) is 1.56. The third-order valence-corrected chi connectivity index (χ3v) is 4.74. The van der Waals surface area contributed by atoms with Crippen LogP contribution >= 0.6 is 0 Å². The van der Waals surface area contributed by atoms with Crippen molar-refractivity contribution in [2.45, 2.75) is 27.7 Å². The van der Waals surface area contributed by atoms with Crippen LogP contribution in [0.3, 0.4) is 0 Å². The van der Waals surface area contributed by atoms with Crippen molar-refractivity contribution >= 4 is 23.1 Å². The van der Waals surface area contributed by atoms with Crippen LogP contribution in [0, 0.1) is 19.8 Å². The van der Waals surface area contributed by atoms with Crippen molar-refractivity contribution in [2.24, 2.45) is 5.92 Å². The number of carbonyl (C=O) groups excluding carboxylic acids is 2. The first-order chi connectivity index (χ1) is 13.3. The first-order valence-electron chi connectivity index (χ1n) is 9.41. The molecular weight excluding hydrogens is 352 g/mol. The highest BCUT2D eigenvalue weighted by Crippen LogP contribution is 2.36. The van der Waals surface area contributed by atoms with Gasteiger partial charge in [0, 0.05) is 17.8 Å². The lowest BCUT2D eigenvalue weighted by molar-refractivity contribution is -0.137. The van der Waals surface area contributed by atoms with Gasteiger partial charge in [-0.05, 0) is 43.0 Å².